The Kier molecular flexibility index (Phi) is 24.9. The number of carbonyl (C=O) groups excluding carboxylic acids is 1. The molecule has 0 atom stereocenters. The summed E-state index contributed by atoms with van der Waals surface area (Å²) in [5, 5.41) is 0. The third-order valence-electron chi connectivity index (χ3n) is 4.17. The summed E-state index contributed by atoms with van der Waals surface area (Å²) in [6.07, 6.45) is 14.7. The molecule has 0 saturated carbocycles. The Hall–Kier alpha value is -11.2. The summed E-state index contributed by atoms with van der Waals surface area (Å²) in [5.41, 5.74) is 0.367. The van der Waals surface area contributed by atoms with E-state index >= 15 is 0 Å². The van der Waals surface area contributed by atoms with Gasteiger partial charge in [-0.25, -0.2) is 0 Å². The SMILES string of the molecule is C#CC#CC#CC#CC#CC#CC#CC#CC#CC#CC#COc1ccc(C(C)=O)cc1OC#CC#CC#CC#CC#CC#CC#CC#CC#CC#CC#C. The van der Waals surface area contributed by atoms with Gasteiger partial charge in [0.2, 0.25) is 0 Å². The van der Waals surface area contributed by atoms with Gasteiger partial charge in [0.25, 0.3) is 0 Å². The van der Waals surface area contributed by atoms with Crippen LogP contribution in [0.3, 0.4) is 0 Å². The third kappa shape index (κ3) is 26.6. The normalized spacial score (nSPS) is 5.22. The van der Waals surface area contributed by atoms with Gasteiger partial charge in [-0.2, -0.15) is 0 Å². The van der Waals surface area contributed by atoms with Gasteiger partial charge in [-0.3, -0.25) is 4.79 Å². The smallest absolute Gasteiger partial charge is 0.184 e. The first-order valence-corrected chi connectivity index (χ1v) is 14.1. The van der Waals surface area contributed by atoms with E-state index in [1.807, 2.05) is 0 Å². The molecule has 0 aliphatic heterocycles. The van der Waals surface area contributed by atoms with Gasteiger partial charge in [0, 0.05) is 148 Å². The minimum atomic E-state index is -0.193. The van der Waals surface area contributed by atoms with Crippen LogP contribution in [0.5, 0.6) is 11.5 Å². The Balaban J connectivity index is 2.72. The molecule has 0 N–H and O–H groups in total. The van der Waals surface area contributed by atoms with E-state index in [0.29, 0.717) is 5.56 Å². The second-order valence-corrected chi connectivity index (χ2v) is 7.66. The summed E-state index contributed by atoms with van der Waals surface area (Å²) >= 11 is 0. The fraction of sp³-hybridized carbons (Fsp3) is 0.0192. The largest absolute Gasteiger partial charge is 0.403 e. The number of hydrogen-bond donors (Lipinski definition) is 0. The van der Waals surface area contributed by atoms with Crippen LogP contribution in [-0.4, -0.2) is 5.78 Å². The van der Waals surface area contributed by atoms with Gasteiger partial charge < -0.3 is 9.47 Å². The maximum Gasteiger partial charge on any atom is 0.184 e. The Morgan fingerprint density at radius 2 is 0.600 bits per heavy atom. The molecule has 0 saturated heterocycles. The monoisotopic (exact) mass is 680 g/mol. The predicted octanol–water partition coefficient (Wildman–Crippen LogP) is 1.90. The van der Waals surface area contributed by atoms with Crippen molar-refractivity contribution in [2.75, 3.05) is 0 Å². The zero-order chi connectivity index (χ0) is 39.5. The van der Waals surface area contributed by atoms with Gasteiger partial charge in [-0.1, -0.05) is 0 Å². The first-order chi connectivity index (χ1) is 27.2. The third-order valence-corrected chi connectivity index (χ3v) is 4.17. The minimum Gasteiger partial charge on any atom is -0.403 e. The van der Waals surface area contributed by atoms with Crippen molar-refractivity contribution in [3.63, 3.8) is 0 Å². The lowest BCUT2D eigenvalue weighted by Gasteiger charge is -2.05. The maximum atomic E-state index is 11.8. The summed E-state index contributed by atoms with van der Waals surface area (Å²) in [6, 6.07) is 4.49. The number of carbonyl (C=O) groups is 1. The van der Waals surface area contributed by atoms with E-state index in [4.69, 9.17) is 22.3 Å². The molecular formula is C52H8O3. The first-order valence-electron chi connectivity index (χ1n) is 14.1. The molecule has 0 aliphatic rings. The van der Waals surface area contributed by atoms with E-state index in [9.17, 15) is 4.79 Å². The number of rotatable bonds is 3. The fourth-order valence-electron chi connectivity index (χ4n) is 2.24. The van der Waals surface area contributed by atoms with Crippen molar-refractivity contribution in [1.29, 1.82) is 0 Å². The molecule has 0 radical (unpaired) electrons. The predicted molar refractivity (Wildman–Crippen MR) is 211 cm³/mol. The van der Waals surface area contributed by atoms with Crippen LogP contribution in [0.2, 0.25) is 0 Å². The Morgan fingerprint density at radius 1 is 0.364 bits per heavy atom. The van der Waals surface area contributed by atoms with E-state index in [-0.39, 0.29) is 17.3 Å². The van der Waals surface area contributed by atoms with Crippen LogP contribution in [0.15, 0.2) is 18.2 Å². The highest BCUT2D eigenvalue weighted by Crippen LogP contribution is 2.28. The second kappa shape index (κ2) is 32.7. The lowest BCUT2D eigenvalue weighted by molar-refractivity contribution is 0.101. The number of ketones is 1. The van der Waals surface area contributed by atoms with Crippen LogP contribution in [0.25, 0.3) is 0 Å². The number of Topliss-reactive ketones (excluding diaryl/α,β-unsaturated/α-hetero) is 1. The molecule has 0 fully saturated rings. The minimum absolute atomic E-state index is 0.133. The van der Waals surface area contributed by atoms with E-state index in [2.05, 4.69) is 249 Å². The number of ether oxygens (including phenoxy) is 2. The lowest BCUT2D eigenvalue weighted by atomic mass is 10.1. The molecular weight excluding hydrogens is 673 g/mol. The maximum absolute atomic E-state index is 11.8. The summed E-state index contributed by atoms with van der Waals surface area (Å²) in [7, 11) is 0. The van der Waals surface area contributed by atoms with Gasteiger partial charge in [0.05, 0.1) is 0 Å². The zero-order valence-electron chi connectivity index (χ0n) is 28.1. The van der Waals surface area contributed by atoms with Crippen molar-refractivity contribution in [3.8, 4) is 273 Å². The van der Waals surface area contributed by atoms with Gasteiger partial charge in [-0.15, -0.1) is 12.8 Å². The van der Waals surface area contributed by atoms with Gasteiger partial charge in [-0.05, 0) is 120 Å². The van der Waals surface area contributed by atoms with Crippen molar-refractivity contribution in [1.82, 2.24) is 0 Å². The number of terminal acetylenes is 2. The molecule has 1 aromatic rings. The van der Waals surface area contributed by atoms with Gasteiger partial charge in [0.1, 0.15) is 12.2 Å². The van der Waals surface area contributed by atoms with E-state index < -0.39 is 0 Å². The average molecular weight is 681 g/mol. The van der Waals surface area contributed by atoms with Crippen LogP contribution < -0.4 is 9.47 Å². The van der Waals surface area contributed by atoms with Crippen LogP contribution in [0.1, 0.15) is 17.3 Å². The van der Waals surface area contributed by atoms with Crippen molar-refractivity contribution in [3.05, 3.63) is 23.8 Å². The summed E-state index contributed by atoms with van der Waals surface area (Å²) in [6.45, 7) is 1.40. The topological polar surface area (TPSA) is 35.5 Å². The first kappa shape index (κ1) is 41.8. The van der Waals surface area contributed by atoms with Gasteiger partial charge >= 0.3 is 0 Å². The highest BCUT2D eigenvalue weighted by atomic mass is 16.5. The Morgan fingerprint density at radius 3 is 0.855 bits per heavy atom. The van der Waals surface area contributed by atoms with Gasteiger partial charge in [0.15, 0.2) is 17.3 Å². The Bertz CT molecular complexity index is 3200. The van der Waals surface area contributed by atoms with Crippen molar-refractivity contribution < 1.29 is 14.3 Å². The zero-order valence-corrected chi connectivity index (χ0v) is 28.1. The lowest BCUT2D eigenvalue weighted by Crippen LogP contribution is -1.95. The van der Waals surface area contributed by atoms with E-state index in [1.54, 1.807) is 6.07 Å². The average Bonchev–Trinajstić information content (AvgIpc) is 3.19. The number of benzene rings is 1. The van der Waals surface area contributed by atoms with Crippen LogP contribution in [0.4, 0.5) is 0 Å². The molecule has 0 heterocycles. The number of hydrogen-bond acceptors (Lipinski definition) is 3. The quantitative estimate of drug-likeness (QED) is 0.362. The van der Waals surface area contributed by atoms with Crippen LogP contribution in [0, 0.1) is 262 Å². The molecule has 1 aromatic carbocycles. The molecule has 0 spiro atoms. The molecule has 3 nitrogen and oxygen atoms in total. The summed E-state index contributed by atoms with van der Waals surface area (Å²) < 4.78 is 10.8. The Labute approximate surface area is 323 Å². The highest BCUT2D eigenvalue weighted by molar-refractivity contribution is 5.94. The molecule has 0 amide bonds. The molecule has 0 aromatic heterocycles. The highest BCUT2D eigenvalue weighted by Gasteiger charge is 2.09. The van der Waals surface area contributed by atoms with Crippen LogP contribution in [-0.2, 0) is 0 Å². The van der Waals surface area contributed by atoms with E-state index in [0.717, 1.165) is 0 Å². The van der Waals surface area contributed by atoms with Crippen molar-refractivity contribution in [2.24, 2.45) is 0 Å². The molecule has 0 bridgehead atoms. The molecule has 234 valence electrons. The second-order valence-electron chi connectivity index (χ2n) is 7.66. The van der Waals surface area contributed by atoms with Crippen molar-refractivity contribution >= 4 is 5.78 Å². The molecule has 0 aliphatic carbocycles. The molecule has 1 rings (SSSR count). The van der Waals surface area contributed by atoms with E-state index in [1.165, 1.54) is 19.1 Å². The summed E-state index contributed by atoms with van der Waals surface area (Å²) in [4.78, 5) is 11.8. The fourth-order valence-corrected chi connectivity index (χ4v) is 2.24. The molecule has 55 heavy (non-hydrogen) atoms. The van der Waals surface area contributed by atoms with Crippen molar-refractivity contribution in [2.45, 2.75) is 6.92 Å². The molecule has 0 unspecified atom stereocenters. The summed E-state index contributed by atoms with van der Waals surface area (Å²) in [5.74, 6) is 98.1. The standard InChI is InChI=1S/C52H8O3/c1-4-6-8-10-12-14-16-18-20-22-24-26-28-30-32-34-36-38-40-42-46-54-51-45-44-50(49(3)53)48-52(51)55-47-43-41-39-37-35-33-31-29-27-25-23-21-19-17-15-13-11-9-7-5-2/h1-2,44-45,48H,3H3. The van der Waals surface area contributed by atoms with Crippen LogP contribution >= 0.6 is 0 Å². The molecule has 3 heteroatoms.